The Morgan fingerprint density at radius 1 is 1.33 bits per heavy atom. The first-order valence-electron chi connectivity index (χ1n) is 7.80. The van der Waals surface area contributed by atoms with Crippen molar-refractivity contribution >= 4 is 29.1 Å². The van der Waals surface area contributed by atoms with Crippen LogP contribution in [0.2, 0.25) is 5.02 Å². The number of allylic oxidation sites excluding steroid dienone is 1. The molecule has 0 aliphatic rings. The van der Waals surface area contributed by atoms with Crippen LogP contribution in [0.1, 0.15) is 22.0 Å². The van der Waals surface area contributed by atoms with E-state index in [9.17, 15) is 14.9 Å². The van der Waals surface area contributed by atoms with Gasteiger partial charge in [0.15, 0.2) is 5.69 Å². The Hall–Kier alpha value is -3.39. The summed E-state index contributed by atoms with van der Waals surface area (Å²) in [7, 11) is 1.68. The fraction of sp³-hybridized carbons (Fsp3) is 0.111. The number of hydrogen-bond acceptors (Lipinski definition) is 6. The number of carbonyl (C=O) groups is 1. The molecule has 27 heavy (non-hydrogen) atoms. The molecule has 0 amide bonds. The molecule has 0 spiro atoms. The number of halogens is 1. The molecule has 0 saturated carbocycles. The first kappa shape index (κ1) is 18.4. The van der Waals surface area contributed by atoms with Crippen LogP contribution in [0.15, 0.2) is 53.1 Å². The van der Waals surface area contributed by atoms with Crippen LogP contribution in [0.4, 0.5) is 5.69 Å². The van der Waals surface area contributed by atoms with Crippen LogP contribution >= 0.6 is 11.6 Å². The summed E-state index contributed by atoms with van der Waals surface area (Å²) in [5.74, 6) is 1.16. The van der Waals surface area contributed by atoms with Gasteiger partial charge in [-0.25, -0.2) is 0 Å². The Bertz CT molecular complexity index is 1000. The summed E-state index contributed by atoms with van der Waals surface area (Å²) in [5, 5.41) is 14.9. The van der Waals surface area contributed by atoms with Gasteiger partial charge in [0, 0.05) is 25.4 Å². The number of furan rings is 1. The number of hydrogen-bond donors (Lipinski definition) is 0. The van der Waals surface area contributed by atoms with Gasteiger partial charge in [0.1, 0.15) is 23.9 Å². The first-order valence-corrected chi connectivity index (χ1v) is 8.17. The lowest BCUT2D eigenvalue weighted by atomic mass is 10.2. The molecule has 2 heterocycles. The highest BCUT2D eigenvalue weighted by atomic mass is 35.5. The summed E-state index contributed by atoms with van der Waals surface area (Å²) in [6, 6.07) is 9.15. The minimum Gasteiger partial charge on any atom is -0.486 e. The number of rotatable bonds is 7. The highest BCUT2D eigenvalue weighted by Crippen LogP contribution is 2.20. The predicted octanol–water partition coefficient (Wildman–Crippen LogP) is 4.05. The van der Waals surface area contributed by atoms with Gasteiger partial charge >= 0.3 is 0 Å². The molecule has 3 rings (SSSR count). The minimum absolute atomic E-state index is 0.00884. The van der Waals surface area contributed by atoms with E-state index in [0.717, 1.165) is 0 Å². The molecule has 0 fully saturated rings. The van der Waals surface area contributed by atoms with Gasteiger partial charge in [0.2, 0.25) is 5.78 Å². The average molecular weight is 388 g/mol. The Morgan fingerprint density at radius 3 is 2.70 bits per heavy atom. The zero-order chi connectivity index (χ0) is 19.4. The molecule has 0 bridgehead atoms. The van der Waals surface area contributed by atoms with Crippen molar-refractivity contribution in [1.29, 1.82) is 0 Å². The molecule has 0 radical (unpaired) electrons. The van der Waals surface area contributed by atoms with E-state index in [1.165, 1.54) is 41.1 Å². The van der Waals surface area contributed by atoms with Crippen molar-refractivity contribution in [2.24, 2.45) is 7.05 Å². The van der Waals surface area contributed by atoms with E-state index < -0.39 is 4.92 Å². The number of nitro groups is 1. The fourth-order valence-electron chi connectivity index (χ4n) is 2.24. The second-order valence-corrected chi connectivity index (χ2v) is 5.95. The molecule has 0 unspecified atom stereocenters. The third-order valence-corrected chi connectivity index (χ3v) is 3.80. The van der Waals surface area contributed by atoms with Crippen molar-refractivity contribution in [3.8, 4) is 5.75 Å². The van der Waals surface area contributed by atoms with Crippen LogP contribution in [0.25, 0.3) is 6.08 Å². The molecule has 0 N–H and O–H groups in total. The summed E-state index contributed by atoms with van der Waals surface area (Å²) in [6.45, 7) is 0.145. The van der Waals surface area contributed by atoms with Crippen molar-refractivity contribution in [2.45, 2.75) is 6.61 Å². The SMILES string of the molecule is Cn1cc(Cl)c(C(=O)C=Cc2ccc(COc3ccc([N+](=O)[O-])cc3)o2)n1. The van der Waals surface area contributed by atoms with Crippen LogP contribution in [0.5, 0.6) is 5.75 Å². The van der Waals surface area contributed by atoms with Gasteiger partial charge in [-0.05, 0) is 36.4 Å². The maximum Gasteiger partial charge on any atom is 0.269 e. The number of ether oxygens (including phenoxy) is 1. The van der Waals surface area contributed by atoms with Crippen LogP contribution in [0.3, 0.4) is 0 Å². The fourth-order valence-corrected chi connectivity index (χ4v) is 2.52. The van der Waals surface area contributed by atoms with Crippen LogP contribution in [-0.2, 0) is 13.7 Å². The summed E-state index contributed by atoms with van der Waals surface area (Å²) < 4.78 is 12.5. The number of carbonyl (C=O) groups excluding carboxylic acids is 1. The van der Waals surface area contributed by atoms with Gasteiger partial charge in [0.05, 0.1) is 9.95 Å². The van der Waals surface area contributed by atoms with Gasteiger partial charge in [-0.15, -0.1) is 0 Å². The number of nitrogens with zero attached hydrogens (tertiary/aromatic N) is 3. The Morgan fingerprint density at radius 2 is 2.07 bits per heavy atom. The highest BCUT2D eigenvalue weighted by Gasteiger charge is 2.12. The van der Waals surface area contributed by atoms with E-state index in [1.807, 2.05) is 0 Å². The van der Waals surface area contributed by atoms with Crippen molar-refractivity contribution in [1.82, 2.24) is 9.78 Å². The van der Waals surface area contributed by atoms with Crippen molar-refractivity contribution in [2.75, 3.05) is 0 Å². The van der Waals surface area contributed by atoms with Gasteiger partial charge in [-0.3, -0.25) is 19.6 Å². The molecular formula is C18H14ClN3O5. The molecule has 2 aromatic heterocycles. The van der Waals surface area contributed by atoms with E-state index in [2.05, 4.69) is 5.10 Å². The molecular weight excluding hydrogens is 374 g/mol. The third-order valence-electron chi connectivity index (χ3n) is 3.53. The van der Waals surface area contributed by atoms with Crippen molar-refractivity contribution in [3.05, 3.63) is 81.0 Å². The summed E-state index contributed by atoms with van der Waals surface area (Å²) in [5.41, 5.74) is 0.161. The molecule has 8 nitrogen and oxygen atoms in total. The van der Waals surface area contributed by atoms with E-state index in [0.29, 0.717) is 17.3 Å². The van der Waals surface area contributed by atoms with Crippen LogP contribution in [-0.4, -0.2) is 20.5 Å². The van der Waals surface area contributed by atoms with Crippen molar-refractivity contribution < 1.29 is 18.9 Å². The van der Waals surface area contributed by atoms with E-state index in [-0.39, 0.29) is 28.8 Å². The van der Waals surface area contributed by atoms with E-state index in [4.69, 9.17) is 20.8 Å². The maximum atomic E-state index is 12.1. The molecule has 138 valence electrons. The monoisotopic (exact) mass is 387 g/mol. The lowest BCUT2D eigenvalue weighted by molar-refractivity contribution is -0.384. The molecule has 0 aliphatic carbocycles. The maximum absolute atomic E-state index is 12.1. The molecule has 3 aromatic rings. The number of ketones is 1. The van der Waals surface area contributed by atoms with Crippen molar-refractivity contribution in [3.63, 3.8) is 0 Å². The number of aromatic nitrogens is 2. The smallest absolute Gasteiger partial charge is 0.269 e. The Kier molecular flexibility index (Phi) is 5.37. The molecule has 0 aliphatic heterocycles. The Balaban J connectivity index is 1.58. The van der Waals surface area contributed by atoms with Gasteiger partial charge in [0.25, 0.3) is 5.69 Å². The van der Waals surface area contributed by atoms with Gasteiger partial charge < -0.3 is 9.15 Å². The summed E-state index contributed by atoms with van der Waals surface area (Å²) in [6.07, 6.45) is 4.39. The number of nitro benzene ring substituents is 1. The van der Waals surface area contributed by atoms with E-state index >= 15 is 0 Å². The topological polar surface area (TPSA) is 100 Å². The summed E-state index contributed by atoms with van der Waals surface area (Å²) in [4.78, 5) is 22.2. The molecule has 0 atom stereocenters. The predicted molar refractivity (Wildman–Crippen MR) is 97.7 cm³/mol. The Labute approximate surface area is 158 Å². The first-order chi connectivity index (χ1) is 12.9. The number of aryl methyl sites for hydroxylation is 1. The van der Waals surface area contributed by atoms with Gasteiger partial charge in [-0.2, -0.15) is 5.10 Å². The summed E-state index contributed by atoms with van der Waals surface area (Å²) >= 11 is 5.94. The minimum atomic E-state index is -0.478. The molecule has 1 aromatic carbocycles. The van der Waals surface area contributed by atoms with Gasteiger partial charge in [-0.1, -0.05) is 11.6 Å². The lowest BCUT2D eigenvalue weighted by Gasteiger charge is -2.03. The highest BCUT2D eigenvalue weighted by molar-refractivity contribution is 6.34. The van der Waals surface area contributed by atoms with E-state index in [1.54, 1.807) is 25.4 Å². The number of non-ortho nitro benzene ring substituents is 1. The average Bonchev–Trinajstić information content (AvgIpc) is 3.24. The lowest BCUT2D eigenvalue weighted by Crippen LogP contribution is -1.98. The zero-order valence-corrected chi connectivity index (χ0v) is 14.9. The third kappa shape index (κ3) is 4.62. The van der Waals surface area contributed by atoms with Crippen LogP contribution < -0.4 is 4.74 Å². The van der Waals surface area contributed by atoms with Crippen LogP contribution in [0, 0.1) is 10.1 Å². The quantitative estimate of drug-likeness (QED) is 0.262. The second kappa shape index (κ2) is 7.88. The zero-order valence-electron chi connectivity index (χ0n) is 14.2. The molecule has 9 heteroatoms. The molecule has 0 saturated heterocycles. The normalized spacial score (nSPS) is 11.0. The second-order valence-electron chi connectivity index (χ2n) is 5.54. The largest absolute Gasteiger partial charge is 0.486 e. The number of benzene rings is 1. The standard InChI is InChI=1S/C18H14ClN3O5/c1-21-10-16(19)18(20-21)17(23)9-8-14-6-7-15(27-14)11-26-13-4-2-12(3-5-13)22(24)25/h2-10H,11H2,1H3.